The van der Waals surface area contributed by atoms with Crippen LogP contribution in [0.5, 0.6) is 5.75 Å². The topological polar surface area (TPSA) is 26.3 Å². The Morgan fingerprint density at radius 1 is 1.37 bits per heavy atom. The molecule has 0 fully saturated rings. The monoisotopic (exact) mass is 272 g/mol. The summed E-state index contributed by atoms with van der Waals surface area (Å²) in [6.45, 7) is 2.71. The molecule has 0 saturated carbocycles. The second-order valence-electron chi connectivity index (χ2n) is 4.93. The first kappa shape index (κ1) is 12.4. The third-order valence-corrected chi connectivity index (χ3v) is 4.69. The molecule has 1 aromatic carbocycles. The van der Waals surface area contributed by atoms with Crippen LogP contribution in [0.15, 0.2) is 35.7 Å². The molecular formula is C16H16O2S. The van der Waals surface area contributed by atoms with E-state index in [-0.39, 0.29) is 5.78 Å². The number of ketones is 1. The lowest BCUT2D eigenvalue weighted by Gasteiger charge is -2.25. The normalized spacial score (nSPS) is 17.6. The van der Waals surface area contributed by atoms with E-state index in [0.717, 1.165) is 22.6 Å². The van der Waals surface area contributed by atoms with Crippen molar-refractivity contribution < 1.29 is 9.53 Å². The van der Waals surface area contributed by atoms with E-state index in [9.17, 15) is 4.79 Å². The Kier molecular flexibility index (Phi) is 3.38. The molecule has 0 saturated heterocycles. The van der Waals surface area contributed by atoms with Crippen LogP contribution in [0.3, 0.4) is 0 Å². The van der Waals surface area contributed by atoms with E-state index in [2.05, 4.69) is 6.07 Å². The van der Waals surface area contributed by atoms with Gasteiger partial charge in [0.1, 0.15) is 5.75 Å². The molecule has 0 radical (unpaired) electrons. The van der Waals surface area contributed by atoms with Gasteiger partial charge in [-0.2, -0.15) is 0 Å². The number of para-hydroxylation sites is 1. The Hall–Kier alpha value is -1.61. The minimum atomic E-state index is 0.259. The Labute approximate surface area is 117 Å². The number of carbonyl (C=O) groups is 1. The number of hydrogen-bond donors (Lipinski definition) is 0. The molecule has 1 aliphatic rings. The molecule has 0 spiro atoms. The fourth-order valence-corrected chi connectivity index (χ4v) is 3.48. The van der Waals surface area contributed by atoms with Gasteiger partial charge in [0.25, 0.3) is 0 Å². The van der Waals surface area contributed by atoms with E-state index in [1.807, 2.05) is 36.6 Å². The SMILES string of the molecule is Cc1ccsc1C(=O)CC1CCOc2ccccc21. The van der Waals surface area contributed by atoms with Crippen molar-refractivity contribution in [3.8, 4) is 5.75 Å². The second-order valence-corrected chi connectivity index (χ2v) is 5.85. The van der Waals surface area contributed by atoms with E-state index < -0.39 is 0 Å². The zero-order valence-corrected chi connectivity index (χ0v) is 11.7. The maximum atomic E-state index is 12.4. The third-order valence-electron chi connectivity index (χ3n) is 3.63. The summed E-state index contributed by atoms with van der Waals surface area (Å²) in [6.07, 6.45) is 1.51. The molecule has 19 heavy (non-hydrogen) atoms. The lowest BCUT2D eigenvalue weighted by Crippen LogP contribution is -2.17. The third kappa shape index (κ3) is 2.43. The highest BCUT2D eigenvalue weighted by atomic mass is 32.1. The number of ether oxygens (including phenoxy) is 1. The number of carbonyl (C=O) groups excluding carboxylic acids is 1. The first-order chi connectivity index (χ1) is 9.25. The van der Waals surface area contributed by atoms with Gasteiger partial charge in [0.2, 0.25) is 0 Å². The van der Waals surface area contributed by atoms with E-state index in [1.54, 1.807) is 11.3 Å². The first-order valence-electron chi connectivity index (χ1n) is 6.54. The lowest BCUT2D eigenvalue weighted by atomic mass is 9.88. The van der Waals surface area contributed by atoms with Crippen LogP contribution in [0.1, 0.15) is 39.6 Å². The lowest BCUT2D eigenvalue weighted by molar-refractivity contribution is 0.0969. The molecule has 2 aromatic rings. The van der Waals surface area contributed by atoms with Crippen molar-refractivity contribution in [3.63, 3.8) is 0 Å². The Morgan fingerprint density at radius 3 is 3.00 bits per heavy atom. The van der Waals surface area contributed by atoms with Crippen molar-refractivity contribution >= 4 is 17.1 Å². The van der Waals surface area contributed by atoms with Gasteiger partial charge in [0.15, 0.2) is 5.78 Å². The molecular weight excluding hydrogens is 256 g/mol. The van der Waals surface area contributed by atoms with Crippen LogP contribution < -0.4 is 4.74 Å². The average Bonchev–Trinajstić information content (AvgIpc) is 2.85. The van der Waals surface area contributed by atoms with Gasteiger partial charge < -0.3 is 4.74 Å². The smallest absolute Gasteiger partial charge is 0.173 e. The zero-order valence-electron chi connectivity index (χ0n) is 10.9. The number of benzene rings is 1. The van der Waals surface area contributed by atoms with Crippen molar-refractivity contribution in [2.45, 2.75) is 25.7 Å². The molecule has 98 valence electrons. The summed E-state index contributed by atoms with van der Waals surface area (Å²) >= 11 is 1.55. The average molecular weight is 272 g/mol. The van der Waals surface area contributed by atoms with Crippen LogP contribution in [0, 0.1) is 6.92 Å². The van der Waals surface area contributed by atoms with Crippen LogP contribution >= 0.6 is 11.3 Å². The van der Waals surface area contributed by atoms with E-state index in [0.29, 0.717) is 18.9 Å². The van der Waals surface area contributed by atoms with Gasteiger partial charge in [-0.05, 0) is 47.9 Å². The number of fused-ring (bicyclic) bond motifs is 1. The molecule has 1 aliphatic heterocycles. The largest absolute Gasteiger partial charge is 0.493 e. The van der Waals surface area contributed by atoms with Crippen LogP contribution in [0.4, 0.5) is 0 Å². The molecule has 3 heteroatoms. The van der Waals surface area contributed by atoms with Crippen molar-refractivity contribution in [1.29, 1.82) is 0 Å². The Morgan fingerprint density at radius 2 is 2.21 bits per heavy atom. The summed E-state index contributed by atoms with van der Waals surface area (Å²) in [5.74, 6) is 1.49. The molecule has 0 bridgehead atoms. The predicted molar refractivity (Wildman–Crippen MR) is 77.3 cm³/mol. The summed E-state index contributed by atoms with van der Waals surface area (Å²) in [5, 5.41) is 1.99. The minimum Gasteiger partial charge on any atom is -0.493 e. The van der Waals surface area contributed by atoms with Gasteiger partial charge in [-0.25, -0.2) is 0 Å². The maximum Gasteiger partial charge on any atom is 0.173 e. The van der Waals surface area contributed by atoms with Gasteiger partial charge in [0.05, 0.1) is 11.5 Å². The van der Waals surface area contributed by atoms with Crippen LogP contribution in [-0.2, 0) is 0 Å². The molecule has 0 N–H and O–H groups in total. The fraction of sp³-hybridized carbons (Fsp3) is 0.312. The van der Waals surface area contributed by atoms with Gasteiger partial charge in [-0.3, -0.25) is 4.79 Å². The number of Topliss-reactive ketones (excluding diaryl/α,β-unsaturated/α-hetero) is 1. The van der Waals surface area contributed by atoms with Crippen LogP contribution in [-0.4, -0.2) is 12.4 Å². The second kappa shape index (κ2) is 5.17. The van der Waals surface area contributed by atoms with E-state index in [1.165, 1.54) is 5.56 Å². The van der Waals surface area contributed by atoms with Crippen molar-refractivity contribution in [2.24, 2.45) is 0 Å². The quantitative estimate of drug-likeness (QED) is 0.783. The Balaban J connectivity index is 1.82. The van der Waals surface area contributed by atoms with Crippen molar-refractivity contribution in [1.82, 2.24) is 0 Å². The van der Waals surface area contributed by atoms with Crippen LogP contribution in [0.2, 0.25) is 0 Å². The standard InChI is InChI=1S/C16H16O2S/c1-11-7-9-19-16(11)14(17)10-12-6-8-18-15-5-3-2-4-13(12)15/h2-5,7,9,12H,6,8,10H2,1H3. The molecule has 1 aromatic heterocycles. The predicted octanol–water partition coefficient (Wildman–Crippen LogP) is 4.20. The highest BCUT2D eigenvalue weighted by Gasteiger charge is 2.24. The first-order valence-corrected chi connectivity index (χ1v) is 7.42. The van der Waals surface area contributed by atoms with E-state index >= 15 is 0 Å². The zero-order chi connectivity index (χ0) is 13.2. The number of aryl methyl sites for hydroxylation is 1. The summed E-state index contributed by atoms with van der Waals surface area (Å²) < 4.78 is 5.64. The van der Waals surface area contributed by atoms with E-state index in [4.69, 9.17) is 4.74 Å². The van der Waals surface area contributed by atoms with Gasteiger partial charge in [-0.15, -0.1) is 11.3 Å². The highest BCUT2D eigenvalue weighted by Crippen LogP contribution is 2.36. The van der Waals surface area contributed by atoms with Crippen molar-refractivity contribution in [2.75, 3.05) is 6.61 Å². The fourth-order valence-electron chi connectivity index (χ4n) is 2.60. The minimum absolute atomic E-state index is 0.259. The molecule has 2 heterocycles. The maximum absolute atomic E-state index is 12.4. The Bertz CT molecular complexity index is 600. The summed E-state index contributed by atoms with van der Waals surface area (Å²) in [4.78, 5) is 13.3. The number of hydrogen-bond acceptors (Lipinski definition) is 3. The summed E-state index contributed by atoms with van der Waals surface area (Å²) in [7, 11) is 0. The van der Waals surface area contributed by atoms with Crippen molar-refractivity contribution in [3.05, 3.63) is 51.7 Å². The molecule has 1 unspecified atom stereocenters. The molecule has 0 amide bonds. The molecule has 3 rings (SSSR count). The number of rotatable bonds is 3. The molecule has 2 nitrogen and oxygen atoms in total. The highest BCUT2D eigenvalue weighted by molar-refractivity contribution is 7.12. The van der Waals surface area contributed by atoms with Gasteiger partial charge >= 0.3 is 0 Å². The molecule has 1 atom stereocenters. The number of thiophene rings is 1. The van der Waals surface area contributed by atoms with Gasteiger partial charge in [0, 0.05) is 6.42 Å². The van der Waals surface area contributed by atoms with Gasteiger partial charge in [-0.1, -0.05) is 18.2 Å². The summed E-state index contributed by atoms with van der Waals surface area (Å²) in [6, 6.07) is 10.1. The molecule has 0 aliphatic carbocycles. The summed E-state index contributed by atoms with van der Waals surface area (Å²) in [5.41, 5.74) is 2.27. The van der Waals surface area contributed by atoms with Crippen LogP contribution in [0.25, 0.3) is 0 Å².